The summed E-state index contributed by atoms with van der Waals surface area (Å²) in [7, 11) is 2.19. The van der Waals surface area contributed by atoms with Crippen LogP contribution >= 0.6 is 23.5 Å². The molecule has 0 aliphatic rings. The Kier molecular flexibility index (Phi) is 7.79. The topological polar surface area (TPSA) is 16.6 Å². The molecule has 0 saturated heterocycles. The molecule has 0 heterocycles. The Morgan fingerprint density at radius 2 is 1.19 bits per heavy atom. The van der Waals surface area contributed by atoms with Crippen LogP contribution in [0.2, 0.25) is 0 Å². The van der Waals surface area contributed by atoms with Crippen molar-refractivity contribution in [1.29, 1.82) is 0 Å². The molecule has 0 bridgehead atoms. The normalized spacial score (nSPS) is 11.0. The van der Waals surface area contributed by atoms with Crippen LogP contribution < -0.4 is 5.32 Å². The van der Waals surface area contributed by atoms with E-state index in [1.807, 2.05) is 23.5 Å². The minimum atomic E-state index is 0.701. The van der Waals surface area contributed by atoms with Gasteiger partial charge in [0.2, 0.25) is 0 Å². The average Bonchev–Trinajstić information content (AvgIpc) is 2.55. The lowest BCUT2D eigenvalue weighted by Gasteiger charge is -2.12. The van der Waals surface area contributed by atoms with Crippen molar-refractivity contribution in [1.82, 2.24) is 0 Å². The van der Waals surface area contributed by atoms with Gasteiger partial charge in [0.25, 0.3) is 0 Å². The summed E-state index contributed by atoms with van der Waals surface area (Å²) in [5.41, 5.74) is 2.85. The number of nitrogens with two attached hydrogens (primary N) is 1. The molecule has 0 fully saturated rings. The molecule has 21 heavy (non-hydrogen) atoms. The monoisotopic (exact) mass is 318 g/mol. The number of benzene rings is 2. The zero-order valence-corrected chi connectivity index (χ0v) is 14.2. The highest BCUT2D eigenvalue weighted by Gasteiger charge is 2.10. The molecule has 0 saturated carbocycles. The maximum atomic E-state index is 2.36. The van der Waals surface area contributed by atoms with E-state index in [-0.39, 0.29) is 0 Å². The van der Waals surface area contributed by atoms with E-state index in [2.05, 4.69) is 73.0 Å². The van der Waals surface area contributed by atoms with Gasteiger partial charge in [-0.1, -0.05) is 60.7 Å². The van der Waals surface area contributed by atoms with E-state index >= 15 is 0 Å². The van der Waals surface area contributed by atoms with Crippen molar-refractivity contribution < 1.29 is 5.32 Å². The summed E-state index contributed by atoms with van der Waals surface area (Å²) in [6.45, 7) is 0. The molecular weight excluding hydrogens is 294 g/mol. The number of rotatable bonds is 9. The minimum absolute atomic E-state index is 0.701. The molecule has 3 heteroatoms. The third-order valence-corrected chi connectivity index (χ3v) is 5.76. The first-order chi connectivity index (χ1) is 10.4. The molecule has 2 aromatic rings. The Morgan fingerprint density at radius 1 is 0.762 bits per heavy atom. The summed E-state index contributed by atoms with van der Waals surface area (Å²) in [6.07, 6.45) is 0. The average molecular weight is 319 g/mol. The van der Waals surface area contributed by atoms with Crippen molar-refractivity contribution >= 4 is 23.5 Å². The van der Waals surface area contributed by atoms with Crippen molar-refractivity contribution in [3.8, 4) is 0 Å². The van der Waals surface area contributed by atoms with Crippen molar-refractivity contribution in [2.24, 2.45) is 0 Å². The van der Waals surface area contributed by atoms with Crippen molar-refractivity contribution in [2.75, 3.05) is 18.6 Å². The fourth-order valence-electron chi connectivity index (χ4n) is 2.05. The van der Waals surface area contributed by atoms with E-state index in [9.17, 15) is 0 Å². The maximum Gasteiger partial charge on any atom is 0.104 e. The second-order valence-corrected chi connectivity index (χ2v) is 7.16. The lowest BCUT2D eigenvalue weighted by atomic mass is 10.2. The van der Waals surface area contributed by atoms with E-state index in [1.54, 1.807) is 0 Å². The van der Waals surface area contributed by atoms with Gasteiger partial charge in [-0.2, -0.15) is 23.5 Å². The lowest BCUT2D eigenvalue weighted by molar-refractivity contribution is -0.653. The van der Waals surface area contributed by atoms with Gasteiger partial charge in [0.05, 0.1) is 7.05 Å². The van der Waals surface area contributed by atoms with Crippen LogP contribution in [0.4, 0.5) is 0 Å². The molecular formula is C18H24NS2+. The molecule has 1 nitrogen and oxygen atoms in total. The summed E-state index contributed by atoms with van der Waals surface area (Å²) in [5, 5.41) is 2.36. The van der Waals surface area contributed by atoms with E-state index in [0.717, 1.165) is 11.5 Å². The summed E-state index contributed by atoms with van der Waals surface area (Å²) < 4.78 is 0. The van der Waals surface area contributed by atoms with E-state index in [1.165, 1.54) is 22.6 Å². The molecule has 0 aliphatic heterocycles. The summed E-state index contributed by atoms with van der Waals surface area (Å²) in [6, 6.07) is 22.2. The molecule has 2 rings (SSSR count). The molecule has 0 radical (unpaired) electrons. The first kappa shape index (κ1) is 16.5. The summed E-state index contributed by atoms with van der Waals surface area (Å²) >= 11 is 4.08. The van der Waals surface area contributed by atoms with Gasteiger partial charge in [-0.3, -0.25) is 0 Å². The largest absolute Gasteiger partial charge is 0.345 e. The van der Waals surface area contributed by atoms with Crippen molar-refractivity contribution in [2.45, 2.75) is 17.5 Å². The highest BCUT2D eigenvalue weighted by Crippen LogP contribution is 2.16. The Bertz CT molecular complexity index is 442. The fourth-order valence-corrected chi connectivity index (χ4v) is 4.51. The van der Waals surface area contributed by atoms with E-state index in [4.69, 9.17) is 0 Å². The Labute approximate surface area is 136 Å². The van der Waals surface area contributed by atoms with Crippen LogP contribution in [0, 0.1) is 0 Å². The second kappa shape index (κ2) is 9.93. The Balaban J connectivity index is 1.64. The third-order valence-electron chi connectivity index (χ3n) is 3.36. The number of hydrogen-bond donors (Lipinski definition) is 1. The Hall–Kier alpha value is -0.900. The van der Waals surface area contributed by atoms with Crippen LogP contribution in [-0.4, -0.2) is 24.6 Å². The predicted molar refractivity (Wildman–Crippen MR) is 96.8 cm³/mol. The third kappa shape index (κ3) is 6.60. The molecule has 2 aromatic carbocycles. The van der Waals surface area contributed by atoms with Gasteiger partial charge in [0.1, 0.15) is 6.04 Å². The molecule has 2 N–H and O–H groups in total. The Morgan fingerprint density at radius 3 is 1.57 bits per heavy atom. The van der Waals surface area contributed by atoms with Gasteiger partial charge in [-0.05, 0) is 11.1 Å². The van der Waals surface area contributed by atoms with Crippen LogP contribution in [-0.2, 0) is 11.5 Å². The second-order valence-electron chi connectivity index (χ2n) is 5.09. The number of hydrogen-bond acceptors (Lipinski definition) is 2. The zero-order chi connectivity index (χ0) is 14.8. The van der Waals surface area contributed by atoms with Crippen molar-refractivity contribution in [3.63, 3.8) is 0 Å². The molecule has 0 atom stereocenters. The van der Waals surface area contributed by atoms with Crippen LogP contribution in [0.25, 0.3) is 0 Å². The first-order valence-electron chi connectivity index (χ1n) is 7.41. The van der Waals surface area contributed by atoms with E-state index in [0.29, 0.717) is 6.04 Å². The minimum Gasteiger partial charge on any atom is -0.345 e. The van der Waals surface area contributed by atoms with Crippen LogP contribution in [0.1, 0.15) is 11.1 Å². The lowest BCUT2D eigenvalue weighted by Crippen LogP contribution is -2.87. The van der Waals surface area contributed by atoms with Crippen LogP contribution in [0.15, 0.2) is 60.7 Å². The number of thioether (sulfide) groups is 2. The summed E-state index contributed by atoms with van der Waals surface area (Å²) in [4.78, 5) is 0. The zero-order valence-electron chi connectivity index (χ0n) is 12.6. The van der Waals surface area contributed by atoms with Gasteiger partial charge in [0.15, 0.2) is 0 Å². The van der Waals surface area contributed by atoms with Gasteiger partial charge in [0, 0.05) is 23.0 Å². The molecule has 0 unspecified atom stereocenters. The van der Waals surface area contributed by atoms with E-state index < -0.39 is 0 Å². The molecule has 0 aliphatic carbocycles. The van der Waals surface area contributed by atoms with Gasteiger partial charge in [-0.15, -0.1) is 0 Å². The smallest absolute Gasteiger partial charge is 0.104 e. The molecule has 0 spiro atoms. The van der Waals surface area contributed by atoms with Crippen LogP contribution in [0.3, 0.4) is 0 Å². The molecule has 0 aromatic heterocycles. The first-order valence-corrected chi connectivity index (χ1v) is 9.72. The van der Waals surface area contributed by atoms with Gasteiger partial charge >= 0.3 is 0 Å². The molecule has 112 valence electrons. The van der Waals surface area contributed by atoms with Crippen LogP contribution in [0.5, 0.6) is 0 Å². The SMILES string of the molecule is C[NH2+]C(CSCc1ccccc1)CSCc1ccccc1. The van der Waals surface area contributed by atoms with Gasteiger partial charge < -0.3 is 5.32 Å². The number of quaternary nitrogens is 1. The van der Waals surface area contributed by atoms with Gasteiger partial charge in [-0.25, -0.2) is 0 Å². The highest BCUT2D eigenvalue weighted by molar-refractivity contribution is 7.99. The van der Waals surface area contributed by atoms with Crippen molar-refractivity contribution in [3.05, 3.63) is 71.8 Å². The highest BCUT2D eigenvalue weighted by atomic mass is 32.2. The summed E-state index contributed by atoms with van der Waals surface area (Å²) in [5.74, 6) is 4.67. The predicted octanol–water partition coefficient (Wildman–Crippen LogP) is 3.42. The standard InChI is InChI=1S/C18H23NS2/c1-19-18(14-20-12-16-8-4-2-5-9-16)15-21-13-17-10-6-3-7-11-17/h2-11,18-19H,12-15H2,1H3/p+1. The fraction of sp³-hybridized carbons (Fsp3) is 0.333. The quantitative estimate of drug-likeness (QED) is 0.763. The maximum absolute atomic E-state index is 2.36. The molecule has 0 amide bonds.